The van der Waals surface area contributed by atoms with Gasteiger partial charge in [-0.15, -0.1) is 0 Å². The number of aromatic carboxylic acids is 1. The third-order valence-corrected chi connectivity index (χ3v) is 3.26. The SMILES string of the molecule is Cc1cc(C)cc(OCCOc2ccc(C)c(C(=O)O)c2)c1. The first-order chi connectivity index (χ1) is 10.5. The number of rotatable bonds is 6. The van der Waals surface area contributed by atoms with Gasteiger partial charge in [0.05, 0.1) is 5.56 Å². The Hall–Kier alpha value is -2.49. The smallest absolute Gasteiger partial charge is 0.336 e. The van der Waals surface area contributed by atoms with Gasteiger partial charge in [-0.1, -0.05) is 12.1 Å². The normalized spacial score (nSPS) is 10.3. The summed E-state index contributed by atoms with van der Waals surface area (Å²) < 4.78 is 11.2. The van der Waals surface area contributed by atoms with Crippen molar-refractivity contribution in [3.05, 3.63) is 58.7 Å². The van der Waals surface area contributed by atoms with Gasteiger partial charge in [0, 0.05) is 0 Å². The molecule has 0 fully saturated rings. The molecule has 0 aliphatic rings. The van der Waals surface area contributed by atoms with Gasteiger partial charge < -0.3 is 14.6 Å². The Bertz CT molecular complexity index is 657. The van der Waals surface area contributed by atoms with Crippen molar-refractivity contribution in [2.45, 2.75) is 20.8 Å². The number of carboxylic acid groups (broad SMARTS) is 1. The zero-order chi connectivity index (χ0) is 16.1. The summed E-state index contributed by atoms with van der Waals surface area (Å²) in [5.74, 6) is 0.401. The highest BCUT2D eigenvalue weighted by atomic mass is 16.5. The van der Waals surface area contributed by atoms with Crippen LogP contribution in [0.2, 0.25) is 0 Å². The van der Waals surface area contributed by atoms with E-state index in [0.717, 1.165) is 16.9 Å². The molecule has 1 N–H and O–H groups in total. The summed E-state index contributed by atoms with van der Waals surface area (Å²) in [5.41, 5.74) is 3.28. The summed E-state index contributed by atoms with van der Waals surface area (Å²) in [6.07, 6.45) is 0. The summed E-state index contributed by atoms with van der Waals surface area (Å²) in [4.78, 5) is 11.1. The molecule has 0 radical (unpaired) electrons. The van der Waals surface area contributed by atoms with Gasteiger partial charge in [-0.2, -0.15) is 0 Å². The summed E-state index contributed by atoms with van der Waals surface area (Å²) in [6.45, 7) is 6.57. The largest absolute Gasteiger partial charge is 0.490 e. The number of hydrogen-bond acceptors (Lipinski definition) is 3. The van der Waals surface area contributed by atoms with Crippen LogP contribution in [0.4, 0.5) is 0 Å². The molecule has 2 aromatic rings. The van der Waals surface area contributed by atoms with Gasteiger partial charge in [-0.3, -0.25) is 0 Å². The van der Waals surface area contributed by atoms with E-state index >= 15 is 0 Å². The molecule has 0 aliphatic carbocycles. The molecule has 0 saturated carbocycles. The van der Waals surface area contributed by atoms with Crippen molar-refractivity contribution in [2.24, 2.45) is 0 Å². The molecule has 22 heavy (non-hydrogen) atoms. The minimum atomic E-state index is -0.950. The molecule has 116 valence electrons. The van der Waals surface area contributed by atoms with Crippen molar-refractivity contribution in [1.82, 2.24) is 0 Å². The first-order valence-corrected chi connectivity index (χ1v) is 7.13. The quantitative estimate of drug-likeness (QED) is 0.825. The van der Waals surface area contributed by atoms with Gasteiger partial charge in [-0.25, -0.2) is 4.79 Å². The number of benzene rings is 2. The molecule has 0 unspecified atom stereocenters. The van der Waals surface area contributed by atoms with Crippen LogP contribution < -0.4 is 9.47 Å². The maximum atomic E-state index is 11.1. The molecule has 0 aliphatic heterocycles. The summed E-state index contributed by atoms with van der Waals surface area (Å²) in [6, 6.07) is 11.1. The van der Waals surface area contributed by atoms with Crippen molar-refractivity contribution in [3.8, 4) is 11.5 Å². The van der Waals surface area contributed by atoms with Crippen LogP contribution >= 0.6 is 0 Å². The number of aryl methyl sites for hydroxylation is 3. The Labute approximate surface area is 130 Å². The van der Waals surface area contributed by atoms with Crippen LogP contribution in [0.5, 0.6) is 11.5 Å². The number of ether oxygens (including phenoxy) is 2. The van der Waals surface area contributed by atoms with Crippen LogP contribution in [-0.4, -0.2) is 24.3 Å². The van der Waals surface area contributed by atoms with Crippen LogP contribution in [0.3, 0.4) is 0 Å². The molecule has 0 spiro atoms. The highest BCUT2D eigenvalue weighted by Gasteiger charge is 2.08. The lowest BCUT2D eigenvalue weighted by molar-refractivity contribution is 0.0695. The lowest BCUT2D eigenvalue weighted by Crippen LogP contribution is -2.10. The van der Waals surface area contributed by atoms with Gasteiger partial charge in [-0.05, 0) is 61.7 Å². The lowest BCUT2D eigenvalue weighted by atomic mass is 10.1. The molecule has 2 aromatic carbocycles. The molecule has 0 amide bonds. The maximum Gasteiger partial charge on any atom is 0.336 e. The second-order valence-corrected chi connectivity index (χ2v) is 5.30. The Morgan fingerprint density at radius 1 is 0.909 bits per heavy atom. The van der Waals surface area contributed by atoms with Gasteiger partial charge in [0.15, 0.2) is 0 Å². The topological polar surface area (TPSA) is 55.8 Å². The number of hydrogen-bond donors (Lipinski definition) is 1. The van der Waals surface area contributed by atoms with Gasteiger partial charge >= 0.3 is 5.97 Å². The third kappa shape index (κ3) is 4.25. The molecular formula is C18H20O4. The van der Waals surface area contributed by atoms with E-state index in [1.54, 1.807) is 19.1 Å². The van der Waals surface area contributed by atoms with Crippen LogP contribution in [0.25, 0.3) is 0 Å². The molecular weight excluding hydrogens is 280 g/mol. The van der Waals surface area contributed by atoms with E-state index in [1.165, 1.54) is 6.07 Å². The second kappa shape index (κ2) is 6.98. The van der Waals surface area contributed by atoms with Crippen molar-refractivity contribution >= 4 is 5.97 Å². The highest BCUT2D eigenvalue weighted by Crippen LogP contribution is 2.18. The minimum absolute atomic E-state index is 0.257. The molecule has 4 heteroatoms. The van der Waals surface area contributed by atoms with Crippen molar-refractivity contribution < 1.29 is 19.4 Å². The average Bonchev–Trinajstić information content (AvgIpc) is 2.44. The Balaban J connectivity index is 1.89. The first-order valence-electron chi connectivity index (χ1n) is 7.13. The Kier molecular flexibility index (Phi) is 5.04. The van der Waals surface area contributed by atoms with Crippen LogP contribution in [0.1, 0.15) is 27.0 Å². The molecule has 0 aromatic heterocycles. The Morgan fingerprint density at radius 3 is 2.09 bits per heavy atom. The minimum Gasteiger partial charge on any atom is -0.490 e. The number of carboxylic acids is 1. The molecule has 0 atom stereocenters. The van der Waals surface area contributed by atoms with Crippen LogP contribution in [0.15, 0.2) is 36.4 Å². The zero-order valence-corrected chi connectivity index (χ0v) is 13.1. The summed E-state index contributed by atoms with van der Waals surface area (Å²) in [5, 5.41) is 9.08. The first kappa shape index (κ1) is 15.9. The van der Waals surface area contributed by atoms with E-state index in [-0.39, 0.29) is 5.56 Å². The van der Waals surface area contributed by atoms with E-state index in [2.05, 4.69) is 6.07 Å². The average molecular weight is 300 g/mol. The van der Waals surface area contributed by atoms with Crippen LogP contribution in [-0.2, 0) is 0 Å². The molecule has 0 saturated heterocycles. The van der Waals surface area contributed by atoms with E-state index < -0.39 is 5.97 Å². The monoisotopic (exact) mass is 300 g/mol. The van der Waals surface area contributed by atoms with Crippen molar-refractivity contribution in [1.29, 1.82) is 0 Å². The molecule has 0 heterocycles. The standard InChI is InChI=1S/C18H20O4/c1-12-8-13(2)10-16(9-12)22-7-6-21-15-5-4-14(3)17(11-15)18(19)20/h4-5,8-11H,6-7H2,1-3H3,(H,19,20). The van der Waals surface area contributed by atoms with Gasteiger partial charge in [0.25, 0.3) is 0 Å². The predicted molar refractivity (Wildman–Crippen MR) is 85.0 cm³/mol. The number of carbonyl (C=O) groups is 1. The van der Waals surface area contributed by atoms with E-state index in [1.807, 2.05) is 26.0 Å². The fourth-order valence-corrected chi connectivity index (χ4v) is 2.26. The second-order valence-electron chi connectivity index (χ2n) is 5.30. The maximum absolute atomic E-state index is 11.1. The Morgan fingerprint density at radius 2 is 1.50 bits per heavy atom. The fraction of sp³-hybridized carbons (Fsp3) is 0.278. The van der Waals surface area contributed by atoms with Gasteiger partial charge in [0.2, 0.25) is 0 Å². The van der Waals surface area contributed by atoms with Gasteiger partial charge in [0.1, 0.15) is 24.7 Å². The van der Waals surface area contributed by atoms with Crippen molar-refractivity contribution in [3.63, 3.8) is 0 Å². The summed E-state index contributed by atoms with van der Waals surface area (Å²) in [7, 11) is 0. The lowest BCUT2D eigenvalue weighted by Gasteiger charge is -2.10. The summed E-state index contributed by atoms with van der Waals surface area (Å²) >= 11 is 0. The van der Waals surface area contributed by atoms with E-state index in [0.29, 0.717) is 24.5 Å². The third-order valence-electron chi connectivity index (χ3n) is 3.26. The van der Waals surface area contributed by atoms with E-state index in [4.69, 9.17) is 14.6 Å². The molecule has 0 bridgehead atoms. The fourth-order valence-electron chi connectivity index (χ4n) is 2.26. The molecule has 4 nitrogen and oxygen atoms in total. The predicted octanol–water partition coefficient (Wildman–Crippen LogP) is 3.77. The van der Waals surface area contributed by atoms with Crippen molar-refractivity contribution in [2.75, 3.05) is 13.2 Å². The van der Waals surface area contributed by atoms with Crippen LogP contribution in [0, 0.1) is 20.8 Å². The highest BCUT2D eigenvalue weighted by molar-refractivity contribution is 5.89. The van der Waals surface area contributed by atoms with E-state index in [9.17, 15) is 4.79 Å². The molecule has 2 rings (SSSR count). The zero-order valence-electron chi connectivity index (χ0n) is 13.1.